The van der Waals surface area contributed by atoms with Crippen molar-refractivity contribution in [3.05, 3.63) is 35.9 Å². The zero-order valence-corrected chi connectivity index (χ0v) is 17.8. The standard InChI is InChI=1S/C19H32N4.HI/c1-5-23(6-2)17(13-16-10-8-7-9-11-16)14-21-19(20-4)22-18-12-15(18)3;/h7-11,15,17-18H,5-6,12-14H2,1-4H3,(H2,20,21,22);1H. The summed E-state index contributed by atoms with van der Waals surface area (Å²) in [6.07, 6.45) is 2.32. The van der Waals surface area contributed by atoms with Crippen molar-refractivity contribution in [2.45, 2.75) is 45.7 Å². The Morgan fingerprint density at radius 3 is 2.38 bits per heavy atom. The summed E-state index contributed by atoms with van der Waals surface area (Å²) in [5.74, 6) is 1.71. The number of benzene rings is 1. The van der Waals surface area contributed by atoms with Gasteiger partial charge in [0.05, 0.1) is 0 Å². The molecular formula is C19H33IN4. The Morgan fingerprint density at radius 2 is 1.88 bits per heavy atom. The molecule has 0 spiro atoms. The van der Waals surface area contributed by atoms with E-state index < -0.39 is 0 Å². The molecule has 1 aromatic carbocycles. The summed E-state index contributed by atoms with van der Waals surface area (Å²) in [6, 6.07) is 11.8. The lowest BCUT2D eigenvalue weighted by atomic mass is 10.0. The number of likely N-dealkylation sites (N-methyl/N-ethyl adjacent to an activating group) is 1. The fraction of sp³-hybridized carbons (Fsp3) is 0.632. The average Bonchev–Trinajstić information content (AvgIpc) is 3.27. The maximum absolute atomic E-state index is 4.37. The maximum atomic E-state index is 4.37. The first kappa shape index (κ1) is 21.2. The largest absolute Gasteiger partial charge is 0.355 e. The summed E-state index contributed by atoms with van der Waals surface area (Å²) < 4.78 is 0. The van der Waals surface area contributed by atoms with Gasteiger partial charge in [-0.2, -0.15) is 0 Å². The van der Waals surface area contributed by atoms with E-state index in [0.717, 1.165) is 37.9 Å². The van der Waals surface area contributed by atoms with Gasteiger partial charge in [-0.3, -0.25) is 9.89 Å². The molecule has 0 bridgehead atoms. The monoisotopic (exact) mass is 444 g/mol. The smallest absolute Gasteiger partial charge is 0.191 e. The van der Waals surface area contributed by atoms with E-state index in [2.05, 4.69) is 71.6 Å². The van der Waals surface area contributed by atoms with Crippen LogP contribution >= 0.6 is 24.0 Å². The summed E-state index contributed by atoms with van der Waals surface area (Å²) in [4.78, 5) is 6.89. The second-order valence-electron chi connectivity index (χ2n) is 6.48. The minimum atomic E-state index is 0. The molecule has 3 atom stereocenters. The molecule has 4 nitrogen and oxygen atoms in total. The molecule has 0 aromatic heterocycles. The number of halogens is 1. The molecule has 0 aliphatic heterocycles. The van der Waals surface area contributed by atoms with Crippen molar-refractivity contribution in [1.29, 1.82) is 0 Å². The van der Waals surface area contributed by atoms with Gasteiger partial charge in [0.2, 0.25) is 0 Å². The highest BCUT2D eigenvalue weighted by atomic mass is 127. The molecule has 0 heterocycles. The summed E-state index contributed by atoms with van der Waals surface area (Å²) in [7, 11) is 1.85. The predicted octanol–water partition coefficient (Wildman–Crippen LogP) is 3.13. The molecule has 1 saturated carbocycles. The van der Waals surface area contributed by atoms with Crippen LogP contribution in [0.25, 0.3) is 0 Å². The van der Waals surface area contributed by atoms with Crippen LogP contribution in [0.1, 0.15) is 32.8 Å². The maximum Gasteiger partial charge on any atom is 0.191 e. The molecule has 136 valence electrons. The molecule has 24 heavy (non-hydrogen) atoms. The Labute approximate surface area is 164 Å². The van der Waals surface area contributed by atoms with E-state index in [-0.39, 0.29) is 24.0 Å². The Morgan fingerprint density at radius 1 is 1.25 bits per heavy atom. The Balaban J connectivity index is 0.00000288. The number of nitrogens with zero attached hydrogens (tertiary/aromatic N) is 2. The van der Waals surface area contributed by atoms with Crippen LogP contribution in [0.15, 0.2) is 35.3 Å². The SMILES string of the molecule is CCN(CC)C(CNC(=NC)NC1CC1C)Cc1ccccc1.I. The lowest BCUT2D eigenvalue weighted by Gasteiger charge is -2.30. The van der Waals surface area contributed by atoms with Gasteiger partial charge in [0.1, 0.15) is 0 Å². The highest BCUT2D eigenvalue weighted by Crippen LogP contribution is 2.28. The summed E-state index contributed by atoms with van der Waals surface area (Å²) >= 11 is 0. The van der Waals surface area contributed by atoms with Crippen LogP contribution in [0.4, 0.5) is 0 Å². The van der Waals surface area contributed by atoms with Gasteiger partial charge in [-0.1, -0.05) is 51.1 Å². The minimum Gasteiger partial charge on any atom is -0.355 e. The lowest BCUT2D eigenvalue weighted by Crippen LogP contribution is -2.48. The van der Waals surface area contributed by atoms with Crippen molar-refractivity contribution < 1.29 is 0 Å². The Kier molecular flexibility index (Phi) is 9.66. The normalized spacial score (nSPS) is 21.1. The number of guanidine groups is 1. The van der Waals surface area contributed by atoms with Crippen LogP contribution in [0.3, 0.4) is 0 Å². The zero-order chi connectivity index (χ0) is 16.7. The third-order valence-electron chi connectivity index (χ3n) is 4.80. The summed E-state index contributed by atoms with van der Waals surface area (Å²) in [6.45, 7) is 9.81. The van der Waals surface area contributed by atoms with Crippen LogP contribution in [0.5, 0.6) is 0 Å². The predicted molar refractivity (Wildman–Crippen MR) is 114 cm³/mol. The molecule has 0 saturated heterocycles. The van der Waals surface area contributed by atoms with Gasteiger partial charge in [0.15, 0.2) is 5.96 Å². The molecule has 3 unspecified atom stereocenters. The second-order valence-corrected chi connectivity index (χ2v) is 6.48. The van der Waals surface area contributed by atoms with E-state index >= 15 is 0 Å². The van der Waals surface area contributed by atoms with E-state index in [0.29, 0.717) is 12.1 Å². The highest BCUT2D eigenvalue weighted by Gasteiger charge is 2.33. The summed E-state index contributed by atoms with van der Waals surface area (Å²) in [5.41, 5.74) is 1.39. The number of hydrogen-bond donors (Lipinski definition) is 2. The van der Waals surface area contributed by atoms with E-state index in [4.69, 9.17) is 0 Å². The van der Waals surface area contributed by atoms with Gasteiger partial charge >= 0.3 is 0 Å². The van der Waals surface area contributed by atoms with Crippen LogP contribution in [0.2, 0.25) is 0 Å². The molecule has 2 rings (SSSR count). The first-order chi connectivity index (χ1) is 11.2. The van der Waals surface area contributed by atoms with Gasteiger partial charge in [-0.05, 0) is 37.4 Å². The number of rotatable bonds is 8. The van der Waals surface area contributed by atoms with Crippen molar-refractivity contribution in [1.82, 2.24) is 15.5 Å². The van der Waals surface area contributed by atoms with Crippen molar-refractivity contribution in [3.63, 3.8) is 0 Å². The number of aliphatic imine (C=N–C) groups is 1. The molecule has 5 heteroatoms. The van der Waals surface area contributed by atoms with E-state index in [9.17, 15) is 0 Å². The van der Waals surface area contributed by atoms with Crippen molar-refractivity contribution in [2.24, 2.45) is 10.9 Å². The van der Waals surface area contributed by atoms with Crippen LogP contribution in [0, 0.1) is 5.92 Å². The molecular weight excluding hydrogens is 411 g/mol. The third-order valence-corrected chi connectivity index (χ3v) is 4.80. The molecule has 1 aromatic rings. The molecule has 0 radical (unpaired) electrons. The van der Waals surface area contributed by atoms with E-state index in [1.165, 1.54) is 12.0 Å². The first-order valence-corrected chi connectivity index (χ1v) is 8.93. The van der Waals surface area contributed by atoms with Crippen molar-refractivity contribution in [3.8, 4) is 0 Å². The minimum absolute atomic E-state index is 0. The summed E-state index contributed by atoms with van der Waals surface area (Å²) in [5, 5.41) is 7.03. The second kappa shape index (κ2) is 10.9. The highest BCUT2D eigenvalue weighted by molar-refractivity contribution is 14.0. The molecule has 1 aliphatic carbocycles. The van der Waals surface area contributed by atoms with E-state index in [1.807, 2.05) is 7.05 Å². The quantitative estimate of drug-likeness (QED) is 0.368. The number of hydrogen-bond acceptors (Lipinski definition) is 2. The van der Waals surface area contributed by atoms with Gasteiger partial charge in [-0.15, -0.1) is 24.0 Å². The van der Waals surface area contributed by atoms with Crippen LogP contribution in [-0.4, -0.2) is 49.6 Å². The van der Waals surface area contributed by atoms with E-state index in [1.54, 1.807) is 0 Å². The lowest BCUT2D eigenvalue weighted by molar-refractivity contribution is 0.215. The Hall–Kier alpha value is -0.820. The van der Waals surface area contributed by atoms with Gasteiger partial charge < -0.3 is 10.6 Å². The van der Waals surface area contributed by atoms with Gasteiger partial charge in [-0.25, -0.2) is 0 Å². The fourth-order valence-electron chi connectivity index (χ4n) is 3.06. The van der Waals surface area contributed by atoms with Gasteiger partial charge in [0, 0.05) is 25.7 Å². The molecule has 0 amide bonds. The van der Waals surface area contributed by atoms with Gasteiger partial charge in [0.25, 0.3) is 0 Å². The Bertz CT molecular complexity index is 487. The average molecular weight is 444 g/mol. The zero-order valence-electron chi connectivity index (χ0n) is 15.5. The van der Waals surface area contributed by atoms with Crippen molar-refractivity contribution >= 4 is 29.9 Å². The molecule has 1 aliphatic rings. The van der Waals surface area contributed by atoms with Crippen molar-refractivity contribution in [2.75, 3.05) is 26.7 Å². The molecule has 2 N–H and O–H groups in total. The van der Waals surface area contributed by atoms with Crippen LogP contribution in [-0.2, 0) is 6.42 Å². The fourth-order valence-corrected chi connectivity index (χ4v) is 3.06. The topological polar surface area (TPSA) is 39.7 Å². The molecule has 1 fully saturated rings. The third kappa shape index (κ3) is 6.59. The first-order valence-electron chi connectivity index (χ1n) is 8.93. The van der Waals surface area contributed by atoms with Crippen LogP contribution < -0.4 is 10.6 Å². The number of nitrogens with one attached hydrogen (secondary N) is 2.